The Kier molecular flexibility index (Phi) is 4.52. The number of carbonyl (C=O) groups excluding carboxylic acids is 1. The number of rotatable bonds is 4. The molecule has 2 heterocycles. The summed E-state index contributed by atoms with van der Waals surface area (Å²) in [7, 11) is 1.59. The molecule has 0 atom stereocenters. The van der Waals surface area contributed by atoms with Gasteiger partial charge in [-0.25, -0.2) is 9.67 Å². The predicted molar refractivity (Wildman–Crippen MR) is 107 cm³/mol. The van der Waals surface area contributed by atoms with Gasteiger partial charge in [-0.15, -0.1) is 0 Å². The molecular formula is C20H16N4O2S. The molecule has 1 N–H and O–H groups in total. The van der Waals surface area contributed by atoms with Crippen LogP contribution in [-0.2, 0) is 18.3 Å². The van der Waals surface area contributed by atoms with Gasteiger partial charge in [-0.05, 0) is 11.6 Å². The Hall–Kier alpha value is -3.32. The second kappa shape index (κ2) is 7.13. The monoisotopic (exact) mass is 376 g/mol. The van der Waals surface area contributed by atoms with Crippen molar-refractivity contribution in [2.45, 2.75) is 6.42 Å². The van der Waals surface area contributed by atoms with E-state index in [9.17, 15) is 9.59 Å². The van der Waals surface area contributed by atoms with Crippen molar-refractivity contribution in [3.05, 3.63) is 76.8 Å². The smallest absolute Gasteiger partial charge is 0.274 e. The highest BCUT2D eigenvalue weighted by atomic mass is 32.1. The van der Waals surface area contributed by atoms with E-state index in [1.54, 1.807) is 25.4 Å². The Morgan fingerprint density at radius 3 is 2.56 bits per heavy atom. The average Bonchev–Trinajstić information content (AvgIpc) is 3.15. The average molecular weight is 376 g/mol. The van der Waals surface area contributed by atoms with Crippen molar-refractivity contribution in [3.8, 4) is 10.4 Å². The number of nitrogens with one attached hydrogen (secondary N) is 1. The van der Waals surface area contributed by atoms with E-state index < -0.39 is 0 Å². The number of fused-ring (bicyclic) bond motifs is 1. The van der Waals surface area contributed by atoms with Crippen LogP contribution in [0.4, 0.5) is 5.13 Å². The van der Waals surface area contributed by atoms with Crippen LogP contribution in [0.15, 0.2) is 65.6 Å². The highest BCUT2D eigenvalue weighted by Crippen LogP contribution is 2.28. The van der Waals surface area contributed by atoms with Crippen molar-refractivity contribution < 1.29 is 4.79 Å². The van der Waals surface area contributed by atoms with E-state index in [1.165, 1.54) is 16.0 Å². The van der Waals surface area contributed by atoms with Crippen LogP contribution in [0, 0.1) is 0 Å². The van der Waals surface area contributed by atoms with Gasteiger partial charge in [-0.2, -0.15) is 5.10 Å². The lowest BCUT2D eigenvalue weighted by Crippen LogP contribution is -2.24. The van der Waals surface area contributed by atoms with Crippen molar-refractivity contribution in [3.63, 3.8) is 0 Å². The summed E-state index contributed by atoms with van der Waals surface area (Å²) in [5.41, 5.74) is 1.44. The SMILES string of the molecule is Cn1nc(CC(=O)Nc2ncc(-c3ccccc3)s2)c2ccccc2c1=O. The van der Waals surface area contributed by atoms with Gasteiger partial charge in [0, 0.05) is 18.6 Å². The summed E-state index contributed by atoms with van der Waals surface area (Å²) in [6, 6.07) is 17.1. The highest BCUT2D eigenvalue weighted by Gasteiger charge is 2.14. The molecule has 0 saturated carbocycles. The van der Waals surface area contributed by atoms with Gasteiger partial charge in [0.25, 0.3) is 5.56 Å². The van der Waals surface area contributed by atoms with Crippen molar-refractivity contribution >= 4 is 33.1 Å². The number of aromatic nitrogens is 3. The Balaban J connectivity index is 1.56. The van der Waals surface area contributed by atoms with Crippen LogP contribution in [0.3, 0.4) is 0 Å². The number of benzene rings is 2. The summed E-state index contributed by atoms with van der Waals surface area (Å²) < 4.78 is 1.27. The molecule has 6 nitrogen and oxygen atoms in total. The summed E-state index contributed by atoms with van der Waals surface area (Å²) in [5.74, 6) is -0.222. The van der Waals surface area contributed by atoms with Gasteiger partial charge >= 0.3 is 0 Å². The number of aryl methyl sites for hydroxylation is 1. The topological polar surface area (TPSA) is 76.9 Å². The van der Waals surface area contributed by atoms with Crippen LogP contribution in [-0.4, -0.2) is 20.7 Å². The largest absolute Gasteiger partial charge is 0.302 e. The Labute approximate surface area is 159 Å². The molecule has 0 unspecified atom stereocenters. The summed E-state index contributed by atoms with van der Waals surface area (Å²) in [6.45, 7) is 0. The van der Waals surface area contributed by atoms with Crippen molar-refractivity contribution in [1.82, 2.24) is 14.8 Å². The molecule has 0 bridgehead atoms. The Bertz CT molecular complexity index is 1180. The van der Waals surface area contributed by atoms with E-state index >= 15 is 0 Å². The van der Waals surface area contributed by atoms with Gasteiger partial charge in [0.2, 0.25) is 5.91 Å². The zero-order chi connectivity index (χ0) is 18.8. The third-order valence-electron chi connectivity index (χ3n) is 4.17. The minimum atomic E-state index is -0.222. The second-order valence-corrected chi connectivity index (χ2v) is 7.07. The number of nitrogens with zero attached hydrogens (tertiary/aromatic N) is 3. The Morgan fingerprint density at radius 2 is 1.78 bits per heavy atom. The molecule has 0 radical (unpaired) electrons. The van der Waals surface area contributed by atoms with E-state index in [4.69, 9.17) is 0 Å². The summed E-state index contributed by atoms with van der Waals surface area (Å²) in [6.07, 6.45) is 1.81. The second-order valence-electron chi connectivity index (χ2n) is 6.04. The minimum Gasteiger partial charge on any atom is -0.302 e. The number of amides is 1. The van der Waals surface area contributed by atoms with Crippen LogP contribution in [0.2, 0.25) is 0 Å². The zero-order valence-corrected chi connectivity index (χ0v) is 15.4. The summed E-state index contributed by atoms with van der Waals surface area (Å²) in [5, 5.41) is 8.87. The first kappa shape index (κ1) is 17.1. The number of thiazole rings is 1. The molecule has 0 fully saturated rings. The van der Waals surface area contributed by atoms with E-state index in [1.807, 2.05) is 42.5 Å². The van der Waals surface area contributed by atoms with Gasteiger partial charge in [0.05, 0.1) is 22.4 Å². The van der Waals surface area contributed by atoms with E-state index in [0.717, 1.165) is 10.4 Å². The molecule has 4 aromatic rings. The van der Waals surface area contributed by atoms with E-state index in [0.29, 0.717) is 21.6 Å². The molecular weight excluding hydrogens is 360 g/mol. The zero-order valence-electron chi connectivity index (χ0n) is 14.5. The molecule has 27 heavy (non-hydrogen) atoms. The maximum Gasteiger partial charge on any atom is 0.274 e. The van der Waals surface area contributed by atoms with Gasteiger partial charge in [0.1, 0.15) is 0 Å². The first-order valence-corrected chi connectivity index (χ1v) is 9.19. The molecule has 134 valence electrons. The number of hydrogen-bond donors (Lipinski definition) is 1. The van der Waals surface area contributed by atoms with Crippen molar-refractivity contribution in [1.29, 1.82) is 0 Å². The molecule has 1 amide bonds. The molecule has 0 aliphatic carbocycles. The fourth-order valence-corrected chi connectivity index (χ4v) is 3.73. The summed E-state index contributed by atoms with van der Waals surface area (Å²) in [4.78, 5) is 29.9. The lowest BCUT2D eigenvalue weighted by Gasteiger charge is -2.07. The first-order valence-electron chi connectivity index (χ1n) is 8.38. The lowest BCUT2D eigenvalue weighted by atomic mass is 10.1. The third kappa shape index (κ3) is 3.50. The van der Waals surface area contributed by atoms with Crippen molar-refractivity contribution in [2.75, 3.05) is 5.32 Å². The maximum atomic E-state index is 12.5. The van der Waals surface area contributed by atoms with Crippen LogP contribution < -0.4 is 10.9 Å². The lowest BCUT2D eigenvalue weighted by molar-refractivity contribution is -0.115. The molecule has 0 aliphatic heterocycles. The predicted octanol–water partition coefficient (Wildman–Crippen LogP) is 3.24. The fourth-order valence-electron chi connectivity index (χ4n) is 2.89. The van der Waals surface area contributed by atoms with Crippen LogP contribution in [0.25, 0.3) is 21.2 Å². The molecule has 2 aromatic heterocycles. The van der Waals surface area contributed by atoms with Gasteiger partial charge in [0.15, 0.2) is 5.13 Å². The van der Waals surface area contributed by atoms with Crippen LogP contribution >= 0.6 is 11.3 Å². The standard InChI is InChI=1S/C20H16N4O2S/c1-24-19(26)15-10-6-5-9-14(15)16(23-24)11-18(25)22-20-21-12-17(27-20)13-7-3-2-4-8-13/h2-10,12H,11H2,1H3,(H,21,22,25). The molecule has 2 aromatic carbocycles. The van der Waals surface area contributed by atoms with Gasteiger partial charge in [-0.3, -0.25) is 9.59 Å². The summed E-state index contributed by atoms with van der Waals surface area (Å²) >= 11 is 1.42. The normalized spacial score (nSPS) is 10.9. The number of anilines is 1. The van der Waals surface area contributed by atoms with Gasteiger partial charge in [-0.1, -0.05) is 59.9 Å². The molecule has 4 rings (SSSR count). The first-order chi connectivity index (χ1) is 13.1. The fraction of sp³-hybridized carbons (Fsp3) is 0.100. The van der Waals surface area contributed by atoms with E-state index in [-0.39, 0.29) is 17.9 Å². The maximum absolute atomic E-state index is 12.5. The molecule has 0 spiro atoms. The third-order valence-corrected chi connectivity index (χ3v) is 5.13. The Morgan fingerprint density at radius 1 is 1.07 bits per heavy atom. The van der Waals surface area contributed by atoms with Gasteiger partial charge < -0.3 is 5.32 Å². The van der Waals surface area contributed by atoms with Crippen molar-refractivity contribution in [2.24, 2.45) is 7.05 Å². The van der Waals surface area contributed by atoms with Crippen LogP contribution in [0.5, 0.6) is 0 Å². The molecule has 0 aliphatic rings. The minimum absolute atomic E-state index is 0.0644. The molecule has 7 heteroatoms. The van der Waals surface area contributed by atoms with E-state index in [2.05, 4.69) is 15.4 Å². The van der Waals surface area contributed by atoms with Crippen LogP contribution in [0.1, 0.15) is 5.69 Å². The highest BCUT2D eigenvalue weighted by molar-refractivity contribution is 7.19. The molecule has 0 saturated heterocycles. The number of hydrogen-bond acceptors (Lipinski definition) is 5. The quantitative estimate of drug-likeness (QED) is 0.593. The number of carbonyl (C=O) groups is 1.